The first kappa shape index (κ1) is 14.5. The topological polar surface area (TPSA) is 93.9 Å². The summed E-state index contributed by atoms with van der Waals surface area (Å²) in [6, 6.07) is 0.470. The SMILES string of the molecule is CCOC(=O)CCCC[C@@H]1SCC2N=C(N)N(N)C21. The maximum absolute atomic E-state index is 11.2. The van der Waals surface area contributed by atoms with E-state index in [2.05, 4.69) is 4.99 Å². The number of unbranched alkanes of at least 4 members (excludes halogenated alkanes) is 1. The van der Waals surface area contributed by atoms with Crippen molar-refractivity contribution in [2.45, 2.75) is 49.9 Å². The van der Waals surface area contributed by atoms with Crippen molar-refractivity contribution in [1.82, 2.24) is 5.01 Å². The molecule has 2 aliphatic rings. The molecular formula is C12H22N4O2S. The van der Waals surface area contributed by atoms with Gasteiger partial charge in [-0.1, -0.05) is 6.42 Å². The maximum atomic E-state index is 11.2. The number of ether oxygens (including phenoxy) is 1. The first-order chi connectivity index (χ1) is 9.13. The summed E-state index contributed by atoms with van der Waals surface area (Å²) in [5.74, 6) is 7.27. The van der Waals surface area contributed by atoms with Crippen LogP contribution in [0.25, 0.3) is 0 Å². The van der Waals surface area contributed by atoms with Crippen LogP contribution in [0.4, 0.5) is 0 Å². The minimum absolute atomic E-state index is 0.103. The highest BCUT2D eigenvalue weighted by Crippen LogP contribution is 2.37. The van der Waals surface area contributed by atoms with E-state index < -0.39 is 0 Å². The average Bonchev–Trinajstić information content (AvgIpc) is 2.88. The van der Waals surface area contributed by atoms with Gasteiger partial charge in [0.05, 0.1) is 18.7 Å². The third-order valence-electron chi connectivity index (χ3n) is 3.56. The van der Waals surface area contributed by atoms with Crippen molar-refractivity contribution >= 4 is 23.7 Å². The molecule has 7 heteroatoms. The Balaban J connectivity index is 1.69. The van der Waals surface area contributed by atoms with Crippen LogP contribution in [-0.4, -0.2) is 46.6 Å². The van der Waals surface area contributed by atoms with Crippen LogP contribution < -0.4 is 11.6 Å². The number of nitrogens with two attached hydrogens (primary N) is 2. The fourth-order valence-corrected chi connectivity index (χ4v) is 4.20. The van der Waals surface area contributed by atoms with Crippen LogP contribution in [0.15, 0.2) is 4.99 Å². The highest BCUT2D eigenvalue weighted by Gasteiger charge is 2.44. The summed E-state index contributed by atoms with van der Waals surface area (Å²) in [4.78, 5) is 15.6. The first-order valence-corrected chi connectivity index (χ1v) is 7.82. The lowest BCUT2D eigenvalue weighted by atomic mass is 10.0. The number of nitrogens with zero attached hydrogens (tertiary/aromatic N) is 2. The van der Waals surface area contributed by atoms with Gasteiger partial charge in [0.2, 0.25) is 5.96 Å². The number of hydrogen-bond acceptors (Lipinski definition) is 7. The molecule has 0 aliphatic carbocycles. The van der Waals surface area contributed by atoms with Gasteiger partial charge in [0.25, 0.3) is 0 Å². The molecule has 0 radical (unpaired) electrons. The zero-order valence-corrected chi connectivity index (χ0v) is 12.1. The molecule has 2 unspecified atom stereocenters. The van der Waals surface area contributed by atoms with E-state index in [4.69, 9.17) is 16.3 Å². The molecule has 0 bridgehead atoms. The van der Waals surface area contributed by atoms with Gasteiger partial charge in [-0.05, 0) is 19.8 Å². The van der Waals surface area contributed by atoms with E-state index in [1.54, 1.807) is 5.01 Å². The summed E-state index contributed by atoms with van der Waals surface area (Å²) in [7, 11) is 0. The van der Waals surface area contributed by atoms with Crippen molar-refractivity contribution < 1.29 is 9.53 Å². The van der Waals surface area contributed by atoms with E-state index in [0.717, 1.165) is 25.0 Å². The average molecular weight is 286 g/mol. The van der Waals surface area contributed by atoms with Crippen LogP contribution in [0.3, 0.4) is 0 Å². The predicted molar refractivity (Wildman–Crippen MR) is 76.6 cm³/mol. The zero-order chi connectivity index (χ0) is 13.8. The fourth-order valence-electron chi connectivity index (χ4n) is 2.64. The van der Waals surface area contributed by atoms with Crippen molar-refractivity contribution in [2.75, 3.05) is 12.4 Å². The van der Waals surface area contributed by atoms with Gasteiger partial charge < -0.3 is 10.5 Å². The molecular weight excluding hydrogens is 264 g/mol. The molecule has 0 aromatic heterocycles. The molecule has 0 amide bonds. The number of guanidine groups is 1. The number of aliphatic imine (C=N–C) groups is 1. The number of hydrogen-bond donors (Lipinski definition) is 2. The molecule has 2 rings (SSSR count). The standard InChI is InChI=1S/C12H22N4O2S/c1-2-18-10(17)6-4-3-5-9-11-8(7-19-9)15-12(13)16(11)14/h8-9,11H,2-7,14H2,1H3,(H2,13,15)/t8?,9-,11?/m0/s1. The Labute approximate surface area is 117 Å². The second kappa shape index (κ2) is 6.47. The van der Waals surface area contributed by atoms with Crippen LogP contribution >= 0.6 is 11.8 Å². The van der Waals surface area contributed by atoms with Gasteiger partial charge in [0.1, 0.15) is 0 Å². The van der Waals surface area contributed by atoms with Gasteiger partial charge in [-0.3, -0.25) is 9.80 Å². The van der Waals surface area contributed by atoms with Crippen LogP contribution in [-0.2, 0) is 9.53 Å². The van der Waals surface area contributed by atoms with Crippen molar-refractivity contribution in [3.8, 4) is 0 Å². The predicted octanol–water partition coefficient (Wildman–Crippen LogP) is 0.467. The maximum Gasteiger partial charge on any atom is 0.305 e. The highest BCUT2D eigenvalue weighted by atomic mass is 32.2. The summed E-state index contributed by atoms with van der Waals surface area (Å²) in [6.45, 7) is 2.29. The van der Waals surface area contributed by atoms with E-state index in [-0.39, 0.29) is 18.1 Å². The number of thioether (sulfide) groups is 1. The Bertz CT molecular complexity index is 364. The largest absolute Gasteiger partial charge is 0.466 e. The van der Waals surface area contributed by atoms with Crippen LogP contribution in [0.5, 0.6) is 0 Å². The van der Waals surface area contributed by atoms with E-state index in [1.165, 1.54) is 0 Å². The second-order valence-corrected chi connectivity index (χ2v) is 6.15. The third-order valence-corrected chi connectivity index (χ3v) is 5.04. The molecule has 6 nitrogen and oxygen atoms in total. The Morgan fingerprint density at radius 1 is 1.58 bits per heavy atom. The number of rotatable bonds is 6. The molecule has 19 heavy (non-hydrogen) atoms. The number of carbonyl (C=O) groups excluding carboxylic acids is 1. The Kier molecular flexibility index (Phi) is 4.93. The smallest absolute Gasteiger partial charge is 0.305 e. The van der Waals surface area contributed by atoms with E-state index in [1.807, 2.05) is 18.7 Å². The van der Waals surface area contributed by atoms with Gasteiger partial charge in [0, 0.05) is 17.4 Å². The molecule has 2 heterocycles. The summed E-state index contributed by atoms with van der Waals surface area (Å²) in [6.07, 6.45) is 3.42. The Hall–Kier alpha value is -0.950. The number of carbonyl (C=O) groups is 1. The summed E-state index contributed by atoms with van der Waals surface area (Å²) in [5.41, 5.74) is 5.74. The van der Waals surface area contributed by atoms with Gasteiger partial charge in [-0.2, -0.15) is 11.8 Å². The van der Waals surface area contributed by atoms with Crippen LogP contribution in [0, 0.1) is 0 Å². The quantitative estimate of drug-likeness (QED) is 0.419. The lowest BCUT2D eigenvalue weighted by Gasteiger charge is -2.25. The first-order valence-electron chi connectivity index (χ1n) is 6.78. The van der Waals surface area contributed by atoms with Gasteiger partial charge in [-0.25, -0.2) is 10.8 Å². The zero-order valence-electron chi connectivity index (χ0n) is 11.2. The lowest BCUT2D eigenvalue weighted by molar-refractivity contribution is -0.143. The minimum Gasteiger partial charge on any atom is -0.466 e. The lowest BCUT2D eigenvalue weighted by Crippen LogP contribution is -2.50. The number of fused-ring (bicyclic) bond motifs is 1. The number of hydrazine groups is 1. The summed E-state index contributed by atoms with van der Waals surface area (Å²) < 4.78 is 4.91. The summed E-state index contributed by atoms with van der Waals surface area (Å²) >= 11 is 1.91. The van der Waals surface area contributed by atoms with E-state index >= 15 is 0 Å². The van der Waals surface area contributed by atoms with Crippen molar-refractivity contribution in [2.24, 2.45) is 16.6 Å². The molecule has 108 valence electrons. The molecule has 1 fully saturated rings. The molecule has 4 N–H and O–H groups in total. The fraction of sp³-hybridized carbons (Fsp3) is 0.833. The molecule has 0 saturated carbocycles. The minimum atomic E-state index is -0.103. The highest BCUT2D eigenvalue weighted by molar-refractivity contribution is 8.00. The van der Waals surface area contributed by atoms with Gasteiger partial charge in [-0.15, -0.1) is 0 Å². The van der Waals surface area contributed by atoms with Crippen molar-refractivity contribution in [1.29, 1.82) is 0 Å². The van der Waals surface area contributed by atoms with Crippen LogP contribution in [0.1, 0.15) is 32.6 Å². The molecule has 2 aliphatic heterocycles. The van der Waals surface area contributed by atoms with Crippen molar-refractivity contribution in [3.63, 3.8) is 0 Å². The molecule has 0 aromatic rings. The second-order valence-electron chi connectivity index (χ2n) is 4.88. The molecule has 1 saturated heterocycles. The normalized spacial score (nSPS) is 29.3. The van der Waals surface area contributed by atoms with Crippen LogP contribution in [0.2, 0.25) is 0 Å². The van der Waals surface area contributed by atoms with Crippen molar-refractivity contribution in [3.05, 3.63) is 0 Å². The monoisotopic (exact) mass is 286 g/mol. The molecule has 3 atom stereocenters. The number of esters is 1. The Morgan fingerprint density at radius 3 is 3.11 bits per heavy atom. The third kappa shape index (κ3) is 3.33. The van der Waals surface area contributed by atoms with E-state index in [0.29, 0.717) is 24.2 Å². The molecule has 0 spiro atoms. The van der Waals surface area contributed by atoms with Gasteiger partial charge in [0.15, 0.2) is 0 Å². The van der Waals surface area contributed by atoms with Gasteiger partial charge >= 0.3 is 5.97 Å². The molecule has 0 aromatic carbocycles. The van der Waals surface area contributed by atoms with E-state index in [9.17, 15) is 4.79 Å². The Morgan fingerprint density at radius 2 is 2.37 bits per heavy atom. The summed E-state index contributed by atoms with van der Waals surface area (Å²) in [5, 5.41) is 2.07.